The van der Waals surface area contributed by atoms with Crippen molar-refractivity contribution in [3.8, 4) is 22.9 Å². The number of aryl methyl sites for hydroxylation is 2. The van der Waals surface area contributed by atoms with Crippen molar-refractivity contribution in [2.24, 2.45) is 11.4 Å². The summed E-state index contributed by atoms with van der Waals surface area (Å²) in [7, 11) is -1.62. The molecule has 5 rings (SSSR count). The minimum atomic E-state index is -3.28. The Labute approximate surface area is 190 Å². The largest absolute Gasteiger partial charge is 0.482 e. The zero-order valence-electron chi connectivity index (χ0n) is 18.3. The first-order valence-electron chi connectivity index (χ1n) is 10.3. The lowest BCUT2D eigenvalue weighted by atomic mass is 10.0. The Morgan fingerprint density at radius 3 is 2.85 bits per heavy atom. The van der Waals surface area contributed by atoms with E-state index in [-0.39, 0.29) is 18.9 Å². The van der Waals surface area contributed by atoms with Crippen LogP contribution in [-0.2, 0) is 28.3 Å². The number of anilines is 1. The van der Waals surface area contributed by atoms with Gasteiger partial charge in [-0.3, -0.25) is 9.48 Å². The summed E-state index contributed by atoms with van der Waals surface area (Å²) in [4.78, 5) is 17.1. The second-order valence-electron chi connectivity index (χ2n) is 8.09. The summed E-state index contributed by atoms with van der Waals surface area (Å²) < 4.78 is 27.5. The fourth-order valence-corrected chi connectivity index (χ4v) is 6.44. The smallest absolute Gasteiger partial charge is 0.270 e. The third kappa shape index (κ3) is 3.26. The number of nitrogens with zero attached hydrogens (tertiary/aromatic N) is 6. The van der Waals surface area contributed by atoms with Gasteiger partial charge in [-0.1, -0.05) is 17.7 Å². The summed E-state index contributed by atoms with van der Waals surface area (Å²) in [5.41, 5.74) is 9.59. The van der Waals surface area contributed by atoms with Crippen LogP contribution >= 0.6 is 0 Å². The molecule has 4 heterocycles. The molecule has 2 aliphatic heterocycles. The number of hydrogen-bond donors (Lipinski definition) is 1. The van der Waals surface area contributed by atoms with Crippen LogP contribution < -0.4 is 10.5 Å². The Kier molecular flexibility index (Phi) is 4.73. The molecule has 1 amide bonds. The van der Waals surface area contributed by atoms with E-state index in [1.54, 1.807) is 25.4 Å². The number of hydrogen-bond acceptors (Lipinski definition) is 7. The van der Waals surface area contributed by atoms with Crippen LogP contribution in [-0.4, -0.2) is 35.7 Å². The van der Waals surface area contributed by atoms with E-state index in [0.29, 0.717) is 38.7 Å². The van der Waals surface area contributed by atoms with Crippen molar-refractivity contribution in [3.05, 3.63) is 53.0 Å². The van der Waals surface area contributed by atoms with E-state index in [1.165, 1.54) is 8.99 Å². The molecule has 11 heteroatoms. The number of nitriles is 1. The number of aromatic nitrogens is 3. The highest BCUT2D eigenvalue weighted by Gasteiger charge is 2.37. The first-order valence-corrected chi connectivity index (χ1v) is 11.7. The van der Waals surface area contributed by atoms with Gasteiger partial charge < -0.3 is 10.5 Å². The van der Waals surface area contributed by atoms with E-state index < -0.39 is 21.9 Å². The number of amides is 1. The van der Waals surface area contributed by atoms with Crippen LogP contribution in [0.4, 0.5) is 5.82 Å². The van der Waals surface area contributed by atoms with Crippen molar-refractivity contribution < 1.29 is 13.7 Å². The Morgan fingerprint density at radius 1 is 1.30 bits per heavy atom. The Bertz CT molecular complexity index is 1490. The van der Waals surface area contributed by atoms with Crippen molar-refractivity contribution in [1.29, 1.82) is 5.26 Å². The summed E-state index contributed by atoms with van der Waals surface area (Å²) in [5.74, 6) is 0.0461. The third-order valence-electron chi connectivity index (χ3n) is 5.80. The number of nitrogens with two attached hydrogens (primary N) is 1. The quantitative estimate of drug-likeness (QED) is 0.540. The first kappa shape index (κ1) is 21.1. The van der Waals surface area contributed by atoms with Gasteiger partial charge in [-0.2, -0.15) is 14.7 Å². The second kappa shape index (κ2) is 7.40. The molecular weight excluding hydrogens is 442 g/mol. The molecule has 10 nitrogen and oxygen atoms in total. The highest BCUT2D eigenvalue weighted by molar-refractivity contribution is 7.92. The fourth-order valence-electron chi connectivity index (χ4n) is 4.25. The highest BCUT2D eigenvalue weighted by Crippen LogP contribution is 2.39. The third-order valence-corrected chi connectivity index (χ3v) is 8.16. The maximum absolute atomic E-state index is 14.3. The standard InChI is InChI=1S/C22H21N7O3S/c1-12-4-5-19-15(6-12)13(2)32-18-7-14(9-25-22(18)24)21-16(26-28(3)17(21)8-23)10-29-11-20(30)27-33(19,29)31/h4-7,9,13H,10-11H2,1-3H3,(H2,24,25)/t13-,33?/m1/s1. The molecule has 0 spiro atoms. The summed E-state index contributed by atoms with van der Waals surface area (Å²) in [6, 6.07) is 9.33. The zero-order chi connectivity index (χ0) is 23.5. The van der Waals surface area contributed by atoms with E-state index >= 15 is 0 Å². The van der Waals surface area contributed by atoms with Gasteiger partial charge in [0.05, 0.1) is 23.7 Å². The number of ether oxygens (including phenoxy) is 1. The number of carbonyl (C=O) groups is 1. The molecule has 33 heavy (non-hydrogen) atoms. The van der Waals surface area contributed by atoms with Gasteiger partial charge >= 0.3 is 0 Å². The normalized spacial score (nSPS) is 22.0. The van der Waals surface area contributed by atoms with Crippen LogP contribution in [0.15, 0.2) is 39.7 Å². The van der Waals surface area contributed by atoms with E-state index in [9.17, 15) is 14.3 Å². The van der Waals surface area contributed by atoms with Crippen LogP contribution in [0.3, 0.4) is 0 Å². The molecule has 3 aromatic rings. The monoisotopic (exact) mass is 463 g/mol. The minimum Gasteiger partial charge on any atom is -0.482 e. The van der Waals surface area contributed by atoms with Crippen molar-refractivity contribution in [3.63, 3.8) is 0 Å². The average Bonchev–Trinajstić information content (AvgIpc) is 3.23. The zero-order valence-corrected chi connectivity index (χ0v) is 19.1. The molecule has 168 valence electrons. The molecule has 2 atom stereocenters. The summed E-state index contributed by atoms with van der Waals surface area (Å²) >= 11 is 0. The molecule has 0 radical (unpaired) electrons. The Balaban J connectivity index is 1.84. The second-order valence-corrected chi connectivity index (χ2v) is 10.2. The van der Waals surface area contributed by atoms with Gasteiger partial charge in [0.25, 0.3) is 5.91 Å². The molecular formula is C22H21N7O3S. The maximum Gasteiger partial charge on any atom is 0.270 e. The van der Waals surface area contributed by atoms with Crippen LogP contribution in [0.1, 0.15) is 35.5 Å². The molecule has 2 aliphatic rings. The van der Waals surface area contributed by atoms with Gasteiger partial charge in [0.2, 0.25) is 0 Å². The molecule has 0 saturated carbocycles. The SMILES string of the molecule is Cc1ccc2c(c1)[C@@H](C)Oc1cc(cnc1N)-c1c(nn(C)c1C#N)CN1CC(=O)N=S21=O. The molecule has 2 N–H and O–H groups in total. The minimum absolute atomic E-state index is 0.0567. The summed E-state index contributed by atoms with van der Waals surface area (Å²) in [5, 5.41) is 14.3. The van der Waals surface area contributed by atoms with Crippen LogP contribution in [0.2, 0.25) is 0 Å². The lowest BCUT2D eigenvalue weighted by molar-refractivity contribution is -0.117. The summed E-state index contributed by atoms with van der Waals surface area (Å²) in [6.45, 7) is 3.67. The van der Waals surface area contributed by atoms with Gasteiger partial charge in [-0.05, 0) is 26.0 Å². The van der Waals surface area contributed by atoms with Crippen molar-refractivity contribution in [2.45, 2.75) is 31.4 Å². The van der Waals surface area contributed by atoms with Crippen LogP contribution in [0.25, 0.3) is 11.1 Å². The van der Waals surface area contributed by atoms with E-state index in [2.05, 4.69) is 20.5 Å². The van der Waals surface area contributed by atoms with Crippen LogP contribution in [0, 0.1) is 18.3 Å². The fraction of sp³-hybridized carbons (Fsp3) is 0.273. The molecule has 2 aromatic heterocycles. The number of pyridine rings is 1. The van der Waals surface area contributed by atoms with Crippen LogP contribution in [0.5, 0.6) is 5.75 Å². The molecule has 0 aliphatic carbocycles. The topological polar surface area (TPSA) is 139 Å². The van der Waals surface area contributed by atoms with E-state index in [4.69, 9.17) is 10.5 Å². The average molecular weight is 464 g/mol. The first-order chi connectivity index (χ1) is 15.7. The van der Waals surface area contributed by atoms with Gasteiger partial charge in [0.15, 0.2) is 11.6 Å². The molecule has 0 fully saturated rings. The highest BCUT2D eigenvalue weighted by atomic mass is 32.2. The predicted octanol–water partition coefficient (Wildman–Crippen LogP) is 2.48. The number of rotatable bonds is 0. The Morgan fingerprint density at radius 2 is 2.09 bits per heavy atom. The molecule has 1 unspecified atom stereocenters. The van der Waals surface area contributed by atoms with E-state index in [1.807, 2.05) is 26.0 Å². The van der Waals surface area contributed by atoms with Gasteiger partial charge in [-0.15, -0.1) is 4.36 Å². The molecule has 0 saturated heterocycles. The predicted molar refractivity (Wildman–Crippen MR) is 120 cm³/mol. The van der Waals surface area contributed by atoms with Crippen molar-refractivity contribution in [2.75, 3.05) is 12.3 Å². The van der Waals surface area contributed by atoms with Gasteiger partial charge in [0, 0.05) is 29.9 Å². The lowest BCUT2D eigenvalue weighted by Crippen LogP contribution is -2.29. The molecule has 2 bridgehead atoms. The summed E-state index contributed by atoms with van der Waals surface area (Å²) in [6.07, 6.45) is 0.989. The van der Waals surface area contributed by atoms with Gasteiger partial charge in [-0.25, -0.2) is 9.19 Å². The Hall–Kier alpha value is -3.75. The molecule has 1 aromatic carbocycles. The number of fused-ring (bicyclic) bond motifs is 7. The van der Waals surface area contributed by atoms with Crippen molar-refractivity contribution in [1.82, 2.24) is 19.1 Å². The van der Waals surface area contributed by atoms with Crippen molar-refractivity contribution >= 4 is 21.6 Å². The number of carbonyl (C=O) groups excluding carboxylic acids is 1. The lowest BCUT2D eigenvalue weighted by Gasteiger charge is -2.25. The van der Waals surface area contributed by atoms with E-state index in [0.717, 1.165) is 5.56 Å². The number of nitrogen functional groups attached to an aromatic ring is 1. The maximum atomic E-state index is 14.3. The van der Waals surface area contributed by atoms with Gasteiger partial charge in [0.1, 0.15) is 27.8 Å². The number of benzene rings is 1.